The maximum Gasteiger partial charge on any atom is 0.251 e. The number of nitrogens with one attached hydrogen (secondary N) is 4. The second-order valence-corrected chi connectivity index (χ2v) is 13.0. The Balaban J connectivity index is 0.00000504. The van der Waals surface area contributed by atoms with E-state index in [-0.39, 0.29) is 36.0 Å². The molecule has 1 aromatic heterocycles. The summed E-state index contributed by atoms with van der Waals surface area (Å²) in [5.41, 5.74) is 10.6. The summed E-state index contributed by atoms with van der Waals surface area (Å²) in [4.78, 5) is 42.3. The Morgan fingerprint density at radius 1 is 0.922 bits per heavy atom. The van der Waals surface area contributed by atoms with Crippen molar-refractivity contribution in [3.63, 3.8) is 0 Å². The monoisotopic (exact) mass is 715 g/mol. The van der Waals surface area contributed by atoms with Crippen LogP contribution in [-0.2, 0) is 20.7 Å². The number of hydrogen-bond donors (Lipinski definition) is 5. The number of morpholine rings is 1. The largest absolute Gasteiger partial charge is 0.379 e. The minimum atomic E-state index is -0.790. The summed E-state index contributed by atoms with van der Waals surface area (Å²) in [6.45, 7) is 5.22. The molecule has 3 aromatic carbocycles. The van der Waals surface area contributed by atoms with Gasteiger partial charge in [-0.1, -0.05) is 36.4 Å². The molecule has 14 heteroatoms. The highest BCUT2D eigenvalue weighted by atomic mass is 35.5. The Labute approximate surface area is 303 Å². The van der Waals surface area contributed by atoms with Gasteiger partial charge in [-0.25, -0.2) is 0 Å². The molecule has 4 aromatic rings. The first-order valence-corrected chi connectivity index (χ1v) is 17.4. The molecular formula is C37H46ClN9O4. The third-order valence-electron chi connectivity index (χ3n) is 9.61. The topological polar surface area (TPSA) is 180 Å². The van der Waals surface area contributed by atoms with Gasteiger partial charge in [0.2, 0.25) is 17.6 Å². The number of carbonyl (C=O) groups excluding carboxylic acids is 3. The van der Waals surface area contributed by atoms with Crippen molar-refractivity contribution in [3.8, 4) is 22.5 Å². The number of rotatable bonds is 13. The number of nitrogens with two attached hydrogens (primary N) is 1. The summed E-state index contributed by atoms with van der Waals surface area (Å²) in [6, 6.07) is 21.8. The van der Waals surface area contributed by atoms with Gasteiger partial charge in [0.1, 0.15) is 6.04 Å². The summed E-state index contributed by atoms with van der Waals surface area (Å²) in [7, 11) is 0. The fraction of sp³-hybridized carbons (Fsp3) is 0.405. The second kappa shape index (κ2) is 18.5. The minimum absolute atomic E-state index is 0. The van der Waals surface area contributed by atoms with Crippen LogP contribution in [0.15, 0.2) is 72.8 Å². The predicted molar refractivity (Wildman–Crippen MR) is 197 cm³/mol. The van der Waals surface area contributed by atoms with Crippen LogP contribution in [0.4, 0.5) is 5.69 Å². The molecule has 3 amide bonds. The quantitative estimate of drug-likeness (QED) is 0.139. The average molecular weight is 716 g/mol. The summed E-state index contributed by atoms with van der Waals surface area (Å²) in [5.74, 6) is 0.233. The predicted octanol–water partition coefficient (Wildman–Crippen LogP) is 3.45. The number of ether oxygens (including phenoxy) is 1. The molecule has 1 aliphatic heterocycles. The van der Waals surface area contributed by atoms with Crippen LogP contribution in [0.2, 0.25) is 0 Å². The van der Waals surface area contributed by atoms with Crippen LogP contribution < -0.4 is 21.7 Å². The zero-order valence-corrected chi connectivity index (χ0v) is 29.4. The number of halogens is 1. The number of aromatic nitrogens is 4. The summed E-state index contributed by atoms with van der Waals surface area (Å²) < 4.78 is 5.40. The third kappa shape index (κ3) is 10.4. The molecule has 1 atom stereocenters. The molecule has 6 rings (SSSR count). The van der Waals surface area contributed by atoms with Gasteiger partial charge in [0.05, 0.1) is 13.2 Å². The molecule has 2 heterocycles. The minimum Gasteiger partial charge on any atom is -0.379 e. The van der Waals surface area contributed by atoms with Gasteiger partial charge >= 0.3 is 0 Å². The Hall–Kier alpha value is -4.69. The number of carbonyl (C=O) groups is 3. The highest BCUT2D eigenvalue weighted by molar-refractivity contribution is 5.98. The summed E-state index contributed by atoms with van der Waals surface area (Å²) in [6.07, 6.45) is 3.66. The first-order valence-electron chi connectivity index (χ1n) is 17.4. The van der Waals surface area contributed by atoms with E-state index in [0.717, 1.165) is 80.8 Å². The van der Waals surface area contributed by atoms with Crippen LogP contribution in [0.1, 0.15) is 41.6 Å². The zero-order chi connectivity index (χ0) is 34.7. The lowest BCUT2D eigenvalue weighted by Gasteiger charge is -2.28. The van der Waals surface area contributed by atoms with Crippen molar-refractivity contribution in [2.45, 2.75) is 38.1 Å². The van der Waals surface area contributed by atoms with Gasteiger partial charge in [-0.15, -0.1) is 22.6 Å². The van der Waals surface area contributed by atoms with Gasteiger partial charge in [0, 0.05) is 55.3 Å². The van der Waals surface area contributed by atoms with Gasteiger partial charge in [-0.3, -0.25) is 19.3 Å². The number of H-pyrrole nitrogens is 1. The van der Waals surface area contributed by atoms with Crippen molar-refractivity contribution in [2.24, 2.45) is 17.6 Å². The van der Waals surface area contributed by atoms with E-state index >= 15 is 0 Å². The molecule has 51 heavy (non-hydrogen) atoms. The molecule has 0 bridgehead atoms. The second-order valence-electron chi connectivity index (χ2n) is 13.0. The average Bonchev–Trinajstić information content (AvgIpc) is 3.71. The molecule has 1 aliphatic carbocycles. The van der Waals surface area contributed by atoms with E-state index in [2.05, 4.69) is 41.5 Å². The van der Waals surface area contributed by atoms with E-state index in [1.54, 1.807) is 24.3 Å². The fourth-order valence-corrected chi connectivity index (χ4v) is 6.54. The summed E-state index contributed by atoms with van der Waals surface area (Å²) in [5, 5.41) is 23.1. The van der Waals surface area contributed by atoms with Crippen molar-refractivity contribution in [2.75, 3.05) is 51.3 Å². The number of aromatic amines is 1. The lowest BCUT2D eigenvalue weighted by Crippen LogP contribution is -2.48. The van der Waals surface area contributed by atoms with E-state index in [1.807, 2.05) is 48.5 Å². The zero-order valence-electron chi connectivity index (χ0n) is 28.6. The first kappa shape index (κ1) is 37.6. The Kier molecular flexibility index (Phi) is 13.6. The molecular weight excluding hydrogens is 670 g/mol. The smallest absolute Gasteiger partial charge is 0.251 e. The van der Waals surface area contributed by atoms with Crippen LogP contribution >= 0.6 is 12.4 Å². The van der Waals surface area contributed by atoms with Crippen molar-refractivity contribution >= 4 is 35.8 Å². The van der Waals surface area contributed by atoms with E-state index in [0.29, 0.717) is 42.5 Å². The Bertz CT molecular complexity index is 1710. The summed E-state index contributed by atoms with van der Waals surface area (Å²) >= 11 is 0. The molecule has 0 spiro atoms. The van der Waals surface area contributed by atoms with Crippen LogP contribution in [-0.4, -0.2) is 95.2 Å². The van der Waals surface area contributed by atoms with E-state index in [1.165, 1.54) is 0 Å². The van der Waals surface area contributed by atoms with Gasteiger partial charge in [-0.2, -0.15) is 5.21 Å². The number of hydrogen-bond acceptors (Lipinski definition) is 9. The number of amides is 3. The number of nitrogens with zero attached hydrogens (tertiary/aromatic N) is 4. The molecule has 2 aliphatic rings. The lowest BCUT2D eigenvalue weighted by atomic mass is 9.81. The normalized spacial score (nSPS) is 18.2. The van der Waals surface area contributed by atoms with E-state index in [9.17, 15) is 14.4 Å². The first-order chi connectivity index (χ1) is 24.4. The molecule has 1 saturated carbocycles. The van der Waals surface area contributed by atoms with Crippen molar-refractivity contribution in [1.82, 2.24) is 36.2 Å². The molecule has 0 unspecified atom stereocenters. The SMILES string of the molecule is Cl.NCC1CCC(C(=O)N[C@@H](Cc2ccc(-c3cccc(C(=O)NCCN4CCOCC4)c3)cc2)C(=O)Nc2ccc(-c3nn[nH]n3)cc2)CC1. The van der Waals surface area contributed by atoms with Crippen LogP contribution in [0.25, 0.3) is 22.5 Å². The van der Waals surface area contributed by atoms with Crippen LogP contribution in [0.3, 0.4) is 0 Å². The highest BCUT2D eigenvalue weighted by Gasteiger charge is 2.29. The Morgan fingerprint density at radius 3 is 2.33 bits per heavy atom. The fourth-order valence-electron chi connectivity index (χ4n) is 6.54. The molecule has 1 saturated heterocycles. The van der Waals surface area contributed by atoms with Crippen molar-refractivity contribution in [1.29, 1.82) is 0 Å². The lowest BCUT2D eigenvalue weighted by molar-refractivity contribution is -0.130. The number of tetrazole rings is 1. The highest BCUT2D eigenvalue weighted by Crippen LogP contribution is 2.29. The Morgan fingerprint density at radius 2 is 1.65 bits per heavy atom. The van der Waals surface area contributed by atoms with Gasteiger partial charge in [-0.05, 0) is 96.4 Å². The van der Waals surface area contributed by atoms with Crippen molar-refractivity contribution < 1.29 is 19.1 Å². The number of benzene rings is 3. The van der Waals surface area contributed by atoms with Crippen molar-refractivity contribution in [3.05, 3.63) is 83.9 Å². The van der Waals surface area contributed by atoms with Gasteiger partial charge in [0.25, 0.3) is 5.91 Å². The van der Waals surface area contributed by atoms with E-state index < -0.39 is 6.04 Å². The van der Waals surface area contributed by atoms with Gasteiger partial charge in [0.15, 0.2) is 0 Å². The molecule has 13 nitrogen and oxygen atoms in total. The van der Waals surface area contributed by atoms with E-state index in [4.69, 9.17) is 10.5 Å². The third-order valence-corrected chi connectivity index (χ3v) is 9.61. The molecule has 0 radical (unpaired) electrons. The molecule has 2 fully saturated rings. The number of anilines is 1. The van der Waals surface area contributed by atoms with Gasteiger partial charge < -0.3 is 26.4 Å². The standard InChI is InChI=1S/C37H45N9O4.ClH/c38-24-26-6-10-29(11-7-26)36(48)41-33(37(49)40-32-14-12-28(13-15-32)34-42-44-45-43-34)22-25-4-8-27(9-5-25)30-2-1-3-31(23-30)35(47)39-16-17-46-18-20-50-21-19-46;/h1-5,8-9,12-15,23,26,29,33H,6-7,10-11,16-22,24,38H2,(H,39,47)(H,40,49)(H,41,48)(H,42,43,44,45);1H/t26?,29?,33-;/m0./s1. The van der Waals surface area contributed by atoms with Crippen LogP contribution in [0, 0.1) is 11.8 Å². The van der Waals surface area contributed by atoms with Crippen LogP contribution in [0.5, 0.6) is 0 Å². The maximum atomic E-state index is 13.7. The molecule has 6 N–H and O–H groups in total. The molecule has 270 valence electrons. The maximum absolute atomic E-state index is 13.7.